The highest BCUT2D eigenvalue weighted by Crippen LogP contribution is 2.25. The second-order valence-corrected chi connectivity index (χ2v) is 5.84. The predicted molar refractivity (Wildman–Crippen MR) is 93.2 cm³/mol. The van der Waals surface area contributed by atoms with Gasteiger partial charge in [0.15, 0.2) is 11.3 Å². The highest BCUT2D eigenvalue weighted by Gasteiger charge is 2.12. The van der Waals surface area contributed by atoms with Gasteiger partial charge in [0.2, 0.25) is 0 Å². The summed E-state index contributed by atoms with van der Waals surface area (Å²) in [6, 6.07) is 5.16. The lowest BCUT2D eigenvalue weighted by Crippen LogP contribution is -2.38. The molecule has 0 spiro atoms. The topological polar surface area (TPSA) is 63.8 Å². The summed E-state index contributed by atoms with van der Waals surface area (Å²) < 4.78 is 16.7. The number of fused-ring (bicyclic) bond motifs is 1. The van der Waals surface area contributed by atoms with Crippen LogP contribution in [0.5, 0.6) is 11.6 Å². The van der Waals surface area contributed by atoms with E-state index in [1.807, 2.05) is 19.9 Å². The van der Waals surface area contributed by atoms with Gasteiger partial charge in [-0.2, -0.15) is 0 Å². The van der Waals surface area contributed by atoms with Gasteiger partial charge in [-0.1, -0.05) is 0 Å². The van der Waals surface area contributed by atoms with E-state index in [1.165, 1.54) is 6.07 Å². The van der Waals surface area contributed by atoms with E-state index in [9.17, 15) is 4.79 Å². The predicted octanol–water partition coefficient (Wildman–Crippen LogP) is 1.95. The summed E-state index contributed by atoms with van der Waals surface area (Å²) in [5.74, 6) is 1.28. The van der Waals surface area contributed by atoms with Gasteiger partial charge in [-0.15, -0.1) is 0 Å². The summed E-state index contributed by atoms with van der Waals surface area (Å²) in [5, 5.41) is 0.650. The van der Waals surface area contributed by atoms with Crippen LogP contribution >= 0.6 is 0 Å². The molecule has 6 heteroatoms. The zero-order valence-electron chi connectivity index (χ0n) is 14.3. The Morgan fingerprint density at radius 3 is 2.79 bits per heavy atom. The molecule has 1 saturated heterocycles. The number of morpholine rings is 1. The minimum atomic E-state index is -0.0461. The minimum Gasteiger partial charge on any atom is -0.492 e. The van der Waals surface area contributed by atoms with Crippen molar-refractivity contribution in [2.45, 2.75) is 13.8 Å². The molecule has 1 aromatic carbocycles. The first-order valence-corrected chi connectivity index (χ1v) is 8.41. The van der Waals surface area contributed by atoms with E-state index < -0.39 is 0 Å². The molecule has 0 saturated carbocycles. The third kappa shape index (κ3) is 3.71. The second-order valence-electron chi connectivity index (χ2n) is 5.84. The molecule has 0 unspecified atom stereocenters. The lowest BCUT2D eigenvalue weighted by Gasteiger charge is -2.26. The summed E-state index contributed by atoms with van der Waals surface area (Å²) in [7, 11) is 0. The molecular weight excluding hydrogens is 308 g/mol. The fourth-order valence-electron chi connectivity index (χ4n) is 2.91. The van der Waals surface area contributed by atoms with Crippen LogP contribution in [0.4, 0.5) is 0 Å². The van der Waals surface area contributed by atoms with Crippen LogP contribution < -0.4 is 14.9 Å². The van der Waals surface area contributed by atoms with Gasteiger partial charge in [0.25, 0.3) is 0 Å². The maximum Gasteiger partial charge on any atom is 0.195 e. The zero-order valence-corrected chi connectivity index (χ0v) is 14.3. The number of hydrogen-bond acceptors (Lipinski definition) is 5. The molecule has 2 heterocycles. The smallest absolute Gasteiger partial charge is 0.195 e. The highest BCUT2D eigenvalue weighted by atomic mass is 16.5. The van der Waals surface area contributed by atoms with Gasteiger partial charge < -0.3 is 19.2 Å². The number of aromatic amines is 1. The van der Waals surface area contributed by atoms with Crippen molar-refractivity contribution in [1.82, 2.24) is 9.88 Å². The molecule has 1 aromatic heterocycles. The van der Waals surface area contributed by atoms with E-state index in [1.54, 1.807) is 6.07 Å². The van der Waals surface area contributed by atoms with Crippen molar-refractivity contribution in [3.8, 4) is 11.6 Å². The SMILES string of the molecule is CCOc1cc(=O)c2ccc(OCCN3CCOCC3)c(C)c2[nH]1. The number of ether oxygens (including phenoxy) is 3. The van der Waals surface area contributed by atoms with Crippen LogP contribution in [0, 0.1) is 6.92 Å². The summed E-state index contributed by atoms with van der Waals surface area (Å²) in [6.07, 6.45) is 0. The largest absolute Gasteiger partial charge is 0.492 e. The Morgan fingerprint density at radius 2 is 2.04 bits per heavy atom. The lowest BCUT2D eigenvalue weighted by atomic mass is 10.1. The molecule has 0 bridgehead atoms. The summed E-state index contributed by atoms with van der Waals surface area (Å²) >= 11 is 0. The Hall–Kier alpha value is -2.05. The zero-order chi connectivity index (χ0) is 16.9. The van der Waals surface area contributed by atoms with E-state index in [0.717, 1.165) is 49.7 Å². The molecule has 1 fully saturated rings. The molecule has 2 aromatic rings. The van der Waals surface area contributed by atoms with Gasteiger partial charge in [-0.3, -0.25) is 9.69 Å². The summed E-state index contributed by atoms with van der Waals surface area (Å²) in [5.41, 5.74) is 1.65. The number of benzene rings is 1. The molecule has 1 aliphatic rings. The first-order valence-electron chi connectivity index (χ1n) is 8.41. The van der Waals surface area contributed by atoms with Gasteiger partial charge in [0.05, 0.1) is 25.3 Å². The van der Waals surface area contributed by atoms with E-state index in [2.05, 4.69) is 9.88 Å². The average molecular weight is 332 g/mol. The van der Waals surface area contributed by atoms with E-state index in [-0.39, 0.29) is 5.43 Å². The van der Waals surface area contributed by atoms with E-state index in [4.69, 9.17) is 14.2 Å². The molecule has 6 nitrogen and oxygen atoms in total. The number of hydrogen-bond donors (Lipinski definition) is 1. The Labute approximate surface area is 141 Å². The maximum atomic E-state index is 12.2. The van der Waals surface area contributed by atoms with Gasteiger partial charge in [0, 0.05) is 36.7 Å². The monoisotopic (exact) mass is 332 g/mol. The van der Waals surface area contributed by atoms with Crippen LogP contribution in [0.2, 0.25) is 0 Å². The van der Waals surface area contributed by atoms with Crippen molar-refractivity contribution in [3.63, 3.8) is 0 Å². The highest BCUT2D eigenvalue weighted by molar-refractivity contribution is 5.84. The van der Waals surface area contributed by atoms with Gasteiger partial charge in [-0.25, -0.2) is 0 Å². The molecule has 0 aliphatic carbocycles. The third-order valence-electron chi connectivity index (χ3n) is 4.26. The standard InChI is InChI=1S/C18H24N2O4/c1-3-23-17-12-15(21)14-4-5-16(13(2)18(14)19-17)24-11-8-20-6-9-22-10-7-20/h4-5,12H,3,6-11H2,1-2H3,(H,19,21). The van der Waals surface area contributed by atoms with Crippen LogP contribution in [0.15, 0.2) is 23.0 Å². The summed E-state index contributed by atoms with van der Waals surface area (Å²) in [4.78, 5) is 17.7. The average Bonchev–Trinajstić information content (AvgIpc) is 2.59. The number of aromatic nitrogens is 1. The Kier molecular flexibility index (Phi) is 5.37. The van der Waals surface area contributed by atoms with Crippen molar-refractivity contribution < 1.29 is 14.2 Å². The number of H-pyrrole nitrogens is 1. The number of pyridine rings is 1. The molecular formula is C18H24N2O4. The molecule has 1 N–H and O–H groups in total. The Bertz CT molecular complexity index is 751. The normalized spacial score (nSPS) is 15.6. The van der Waals surface area contributed by atoms with Crippen molar-refractivity contribution in [2.75, 3.05) is 46.1 Å². The first kappa shape index (κ1) is 16.8. The molecule has 0 atom stereocenters. The second kappa shape index (κ2) is 7.68. The van der Waals surface area contributed by atoms with Crippen LogP contribution in [0.3, 0.4) is 0 Å². The van der Waals surface area contributed by atoms with Crippen molar-refractivity contribution >= 4 is 10.9 Å². The molecule has 3 rings (SSSR count). The van der Waals surface area contributed by atoms with Gasteiger partial charge in [-0.05, 0) is 26.0 Å². The third-order valence-corrected chi connectivity index (χ3v) is 4.26. The van der Waals surface area contributed by atoms with Crippen LogP contribution in [0.1, 0.15) is 12.5 Å². The Morgan fingerprint density at radius 1 is 1.25 bits per heavy atom. The quantitative estimate of drug-likeness (QED) is 0.876. The Balaban J connectivity index is 1.75. The lowest BCUT2D eigenvalue weighted by molar-refractivity contribution is 0.0322. The van der Waals surface area contributed by atoms with Crippen LogP contribution in [0.25, 0.3) is 10.9 Å². The number of nitrogens with zero attached hydrogens (tertiary/aromatic N) is 1. The van der Waals surface area contributed by atoms with Crippen molar-refractivity contribution in [2.24, 2.45) is 0 Å². The van der Waals surface area contributed by atoms with E-state index in [0.29, 0.717) is 24.5 Å². The minimum absolute atomic E-state index is 0.0461. The van der Waals surface area contributed by atoms with Gasteiger partial charge in [0.1, 0.15) is 12.4 Å². The molecule has 130 valence electrons. The first-order chi connectivity index (χ1) is 11.7. The van der Waals surface area contributed by atoms with Crippen LogP contribution in [-0.2, 0) is 4.74 Å². The molecule has 0 radical (unpaired) electrons. The summed E-state index contributed by atoms with van der Waals surface area (Å²) in [6.45, 7) is 9.32. The molecule has 1 aliphatic heterocycles. The number of aryl methyl sites for hydroxylation is 1. The van der Waals surface area contributed by atoms with E-state index >= 15 is 0 Å². The number of nitrogens with one attached hydrogen (secondary N) is 1. The van der Waals surface area contributed by atoms with Gasteiger partial charge >= 0.3 is 0 Å². The van der Waals surface area contributed by atoms with Crippen molar-refractivity contribution in [3.05, 3.63) is 34.0 Å². The molecule has 24 heavy (non-hydrogen) atoms. The fourth-order valence-corrected chi connectivity index (χ4v) is 2.91. The fraction of sp³-hybridized carbons (Fsp3) is 0.500. The van der Waals surface area contributed by atoms with Crippen molar-refractivity contribution in [1.29, 1.82) is 0 Å². The van der Waals surface area contributed by atoms with Crippen LogP contribution in [-0.4, -0.2) is 55.9 Å². The molecule has 0 amide bonds. The number of rotatable bonds is 6. The maximum absolute atomic E-state index is 12.2.